The van der Waals surface area contributed by atoms with Gasteiger partial charge < -0.3 is 5.32 Å². The fourth-order valence-corrected chi connectivity index (χ4v) is 3.46. The van der Waals surface area contributed by atoms with Crippen molar-refractivity contribution in [1.82, 2.24) is 5.32 Å². The summed E-state index contributed by atoms with van der Waals surface area (Å²) in [7, 11) is 0. The van der Waals surface area contributed by atoms with Crippen molar-refractivity contribution >= 4 is 37.8 Å². The van der Waals surface area contributed by atoms with Gasteiger partial charge in [-0.05, 0) is 66.2 Å². The third-order valence-electron chi connectivity index (χ3n) is 3.29. The summed E-state index contributed by atoms with van der Waals surface area (Å²) in [6.07, 6.45) is 8.28. The van der Waals surface area contributed by atoms with E-state index in [4.69, 9.17) is 0 Å². The topological polar surface area (TPSA) is 29.1 Å². The van der Waals surface area contributed by atoms with Gasteiger partial charge in [0.15, 0.2) is 0 Å². The van der Waals surface area contributed by atoms with Gasteiger partial charge in [0.1, 0.15) is 0 Å². The van der Waals surface area contributed by atoms with E-state index < -0.39 is 0 Å². The van der Waals surface area contributed by atoms with Crippen LogP contribution in [0.2, 0.25) is 0 Å². The summed E-state index contributed by atoms with van der Waals surface area (Å²) in [5.41, 5.74) is 2.17. The lowest BCUT2D eigenvalue weighted by Gasteiger charge is -2.13. The molecule has 0 fully saturated rings. The fraction of sp³-hybridized carbons (Fsp3) is 0.400. The molecule has 0 atom stereocenters. The Hall–Kier alpha value is -0.610. The highest BCUT2D eigenvalue weighted by molar-refractivity contribution is 9.11. The molecule has 1 amide bonds. The average Bonchev–Trinajstić information content (AvgIpc) is 2.39. The molecule has 0 spiro atoms. The van der Waals surface area contributed by atoms with Gasteiger partial charge in [0, 0.05) is 15.5 Å². The number of rotatable bonds is 4. The van der Waals surface area contributed by atoms with E-state index >= 15 is 0 Å². The number of carbonyl (C=O) groups excluding carboxylic acids is 1. The third-order valence-corrected chi connectivity index (χ3v) is 4.44. The molecule has 0 saturated carbocycles. The lowest BCUT2D eigenvalue weighted by atomic mass is 9.97. The molecule has 0 heterocycles. The van der Waals surface area contributed by atoms with Crippen LogP contribution in [0.15, 0.2) is 38.8 Å². The van der Waals surface area contributed by atoms with E-state index in [2.05, 4.69) is 43.3 Å². The maximum atomic E-state index is 12.0. The van der Waals surface area contributed by atoms with Gasteiger partial charge in [0.25, 0.3) is 5.91 Å². The van der Waals surface area contributed by atoms with Crippen molar-refractivity contribution < 1.29 is 4.79 Å². The fourth-order valence-electron chi connectivity index (χ4n) is 2.24. The Bertz CT molecular complexity index is 497. The average molecular weight is 387 g/mol. The Kier molecular flexibility index (Phi) is 5.64. The zero-order chi connectivity index (χ0) is 13.7. The van der Waals surface area contributed by atoms with Crippen molar-refractivity contribution in [3.63, 3.8) is 0 Å². The lowest BCUT2D eigenvalue weighted by Crippen LogP contribution is -2.25. The molecule has 1 aromatic carbocycles. The summed E-state index contributed by atoms with van der Waals surface area (Å²) in [5.74, 6) is -0.0178. The number of hydrogen-bond donors (Lipinski definition) is 1. The second-order valence-corrected chi connectivity index (χ2v) is 6.51. The molecule has 0 bridgehead atoms. The standard InChI is InChI=1S/C15H17Br2NO/c16-12-6-7-13(14(17)10-12)15(19)18-9-8-11-4-2-1-3-5-11/h4,6-7,10H,1-3,5,8-9H2,(H,18,19). The molecule has 102 valence electrons. The van der Waals surface area contributed by atoms with Gasteiger partial charge in [-0.15, -0.1) is 0 Å². The van der Waals surface area contributed by atoms with Crippen molar-refractivity contribution in [3.8, 4) is 0 Å². The predicted molar refractivity (Wildman–Crippen MR) is 85.3 cm³/mol. The van der Waals surface area contributed by atoms with Crippen LogP contribution in [0, 0.1) is 0 Å². The SMILES string of the molecule is O=C(NCCC1=CCCCC1)c1ccc(Br)cc1Br. The Labute approximate surface area is 130 Å². The second kappa shape index (κ2) is 7.25. The Morgan fingerprint density at radius 1 is 1.26 bits per heavy atom. The van der Waals surface area contributed by atoms with Crippen LogP contribution in [0.25, 0.3) is 0 Å². The normalized spacial score (nSPS) is 14.9. The monoisotopic (exact) mass is 385 g/mol. The van der Waals surface area contributed by atoms with E-state index in [0.29, 0.717) is 12.1 Å². The van der Waals surface area contributed by atoms with E-state index in [1.807, 2.05) is 18.2 Å². The van der Waals surface area contributed by atoms with Gasteiger partial charge >= 0.3 is 0 Å². The van der Waals surface area contributed by atoms with Gasteiger partial charge in [0.05, 0.1) is 5.56 Å². The Balaban J connectivity index is 1.85. The first-order valence-corrected chi connectivity index (χ1v) is 8.16. The minimum absolute atomic E-state index is 0.0178. The number of benzene rings is 1. The van der Waals surface area contributed by atoms with Crippen LogP contribution in [0.1, 0.15) is 42.5 Å². The summed E-state index contributed by atoms with van der Waals surface area (Å²) < 4.78 is 1.78. The molecule has 2 nitrogen and oxygen atoms in total. The molecule has 0 aliphatic heterocycles. The van der Waals surface area contributed by atoms with Gasteiger partial charge in [-0.1, -0.05) is 27.6 Å². The summed E-state index contributed by atoms with van der Waals surface area (Å²) in [6.45, 7) is 0.715. The molecule has 1 aromatic rings. The largest absolute Gasteiger partial charge is 0.352 e. The highest BCUT2D eigenvalue weighted by Gasteiger charge is 2.10. The first kappa shape index (κ1) is 14.8. The molecule has 4 heteroatoms. The number of halogens is 2. The van der Waals surface area contributed by atoms with E-state index in [1.54, 1.807) is 0 Å². The second-order valence-electron chi connectivity index (χ2n) is 4.74. The molecule has 2 rings (SSSR count). The lowest BCUT2D eigenvalue weighted by molar-refractivity contribution is 0.0953. The third kappa shape index (κ3) is 4.46. The molecule has 0 saturated heterocycles. The van der Waals surface area contributed by atoms with Gasteiger partial charge in [0.2, 0.25) is 0 Å². The quantitative estimate of drug-likeness (QED) is 0.737. The number of nitrogens with one attached hydrogen (secondary N) is 1. The maximum absolute atomic E-state index is 12.0. The minimum Gasteiger partial charge on any atom is -0.352 e. The van der Waals surface area contributed by atoms with Crippen molar-refractivity contribution in [2.45, 2.75) is 32.1 Å². The van der Waals surface area contributed by atoms with Crippen LogP contribution in [0.3, 0.4) is 0 Å². The Morgan fingerprint density at radius 2 is 2.11 bits per heavy atom. The number of carbonyl (C=O) groups is 1. The molecule has 19 heavy (non-hydrogen) atoms. The van der Waals surface area contributed by atoms with E-state index in [0.717, 1.165) is 15.4 Å². The minimum atomic E-state index is -0.0178. The molecule has 0 unspecified atom stereocenters. The molecule has 1 aliphatic carbocycles. The van der Waals surface area contributed by atoms with E-state index in [-0.39, 0.29) is 5.91 Å². The molecule has 0 aromatic heterocycles. The van der Waals surface area contributed by atoms with Crippen molar-refractivity contribution in [1.29, 1.82) is 0 Å². The predicted octanol–water partition coefficient (Wildman–Crippen LogP) is 4.83. The Morgan fingerprint density at radius 3 is 2.79 bits per heavy atom. The van der Waals surface area contributed by atoms with Gasteiger partial charge in [-0.25, -0.2) is 0 Å². The van der Waals surface area contributed by atoms with Crippen LogP contribution in [0.5, 0.6) is 0 Å². The smallest absolute Gasteiger partial charge is 0.252 e. The van der Waals surface area contributed by atoms with Crippen LogP contribution < -0.4 is 5.32 Å². The zero-order valence-corrected chi connectivity index (χ0v) is 13.9. The van der Waals surface area contributed by atoms with Crippen molar-refractivity contribution in [3.05, 3.63) is 44.4 Å². The van der Waals surface area contributed by atoms with E-state index in [9.17, 15) is 4.79 Å². The first-order valence-electron chi connectivity index (χ1n) is 6.58. The number of hydrogen-bond acceptors (Lipinski definition) is 1. The zero-order valence-electron chi connectivity index (χ0n) is 10.7. The van der Waals surface area contributed by atoms with Gasteiger partial charge in [-0.2, -0.15) is 0 Å². The van der Waals surface area contributed by atoms with E-state index in [1.165, 1.54) is 31.3 Å². The van der Waals surface area contributed by atoms with Crippen LogP contribution in [-0.2, 0) is 0 Å². The highest BCUT2D eigenvalue weighted by atomic mass is 79.9. The molecule has 1 N–H and O–H groups in total. The summed E-state index contributed by atoms with van der Waals surface area (Å²) in [4.78, 5) is 12.0. The highest BCUT2D eigenvalue weighted by Crippen LogP contribution is 2.22. The summed E-state index contributed by atoms with van der Waals surface area (Å²) >= 11 is 6.79. The molecular formula is C15H17Br2NO. The van der Waals surface area contributed by atoms with Crippen LogP contribution >= 0.6 is 31.9 Å². The molecule has 0 radical (unpaired) electrons. The number of allylic oxidation sites excluding steroid dienone is 1. The summed E-state index contributed by atoms with van der Waals surface area (Å²) in [5, 5.41) is 2.98. The van der Waals surface area contributed by atoms with Crippen molar-refractivity contribution in [2.24, 2.45) is 0 Å². The van der Waals surface area contributed by atoms with Crippen molar-refractivity contribution in [2.75, 3.05) is 6.54 Å². The van der Waals surface area contributed by atoms with Crippen LogP contribution in [0.4, 0.5) is 0 Å². The number of amides is 1. The molecular weight excluding hydrogens is 370 g/mol. The molecule has 1 aliphatic rings. The maximum Gasteiger partial charge on any atom is 0.252 e. The van der Waals surface area contributed by atoms with Gasteiger partial charge in [-0.3, -0.25) is 4.79 Å². The summed E-state index contributed by atoms with van der Waals surface area (Å²) in [6, 6.07) is 5.59. The van der Waals surface area contributed by atoms with Crippen LogP contribution in [-0.4, -0.2) is 12.5 Å². The first-order chi connectivity index (χ1) is 9.16.